The summed E-state index contributed by atoms with van der Waals surface area (Å²) in [6.45, 7) is 2.62. The standard InChI is InChI=1S/C21H22F2N2O3/c22-17-10-15(11-18(23)13-17)4-5-21(27)24-20(14-26)16-2-1-3-19(12-16)25-6-8-28-9-7-25/h1-5,10-13,20,26H,6-9,14H2,(H,24,27)/t20-/m1/s1. The van der Waals surface area contributed by atoms with Gasteiger partial charge in [0.1, 0.15) is 11.6 Å². The zero-order chi connectivity index (χ0) is 19.9. The predicted octanol–water partition coefficient (Wildman–Crippen LogP) is 2.66. The zero-order valence-corrected chi connectivity index (χ0v) is 15.3. The molecule has 0 aromatic heterocycles. The summed E-state index contributed by atoms with van der Waals surface area (Å²) in [5.74, 6) is -1.90. The number of nitrogens with one attached hydrogen (secondary N) is 1. The van der Waals surface area contributed by atoms with Crippen molar-refractivity contribution in [2.75, 3.05) is 37.8 Å². The van der Waals surface area contributed by atoms with E-state index in [4.69, 9.17) is 4.74 Å². The average molecular weight is 388 g/mol. The Hall–Kier alpha value is -2.77. The molecule has 1 amide bonds. The number of aliphatic hydroxyl groups excluding tert-OH is 1. The Morgan fingerprint density at radius 2 is 1.89 bits per heavy atom. The maximum atomic E-state index is 13.2. The molecule has 1 aliphatic heterocycles. The van der Waals surface area contributed by atoms with Gasteiger partial charge in [0, 0.05) is 30.9 Å². The van der Waals surface area contributed by atoms with Crippen LogP contribution in [0.25, 0.3) is 6.08 Å². The van der Waals surface area contributed by atoms with Crippen LogP contribution in [-0.2, 0) is 9.53 Å². The van der Waals surface area contributed by atoms with Crippen LogP contribution in [0.15, 0.2) is 48.5 Å². The van der Waals surface area contributed by atoms with E-state index in [1.165, 1.54) is 12.2 Å². The van der Waals surface area contributed by atoms with E-state index in [-0.39, 0.29) is 12.2 Å². The first kappa shape index (κ1) is 20.0. The highest BCUT2D eigenvalue weighted by Crippen LogP contribution is 2.22. The maximum absolute atomic E-state index is 13.2. The number of ether oxygens (including phenoxy) is 1. The number of rotatable bonds is 6. The van der Waals surface area contributed by atoms with Crippen molar-refractivity contribution >= 4 is 17.7 Å². The number of hydrogen-bond acceptors (Lipinski definition) is 4. The first-order valence-electron chi connectivity index (χ1n) is 9.03. The van der Waals surface area contributed by atoms with Gasteiger partial charge < -0.3 is 20.1 Å². The molecule has 1 heterocycles. The van der Waals surface area contributed by atoms with Crippen LogP contribution in [0, 0.1) is 11.6 Å². The van der Waals surface area contributed by atoms with Gasteiger partial charge >= 0.3 is 0 Å². The molecule has 0 bridgehead atoms. The smallest absolute Gasteiger partial charge is 0.244 e. The van der Waals surface area contributed by atoms with E-state index in [0.717, 1.165) is 42.5 Å². The molecular formula is C21H22F2N2O3. The van der Waals surface area contributed by atoms with Crippen molar-refractivity contribution in [3.05, 3.63) is 71.3 Å². The van der Waals surface area contributed by atoms with Crippen molar-refractivity contribution in [1.82, 2.24) is 5.32 Å². The van der Waals surface area contributed by atoms with Gasteiger partial charge in [-0.25, -0.2) is 8.78 Å². The first-order valence-corrected chi connectivity index (χ1v) is 9.03. The van der Waals surface area contributed by atoms with E-state index in [1.807, 2.05) is 24.3 Å². The van der Waals surface area contributed by atoms with E-state index in [2.05, 4.69) is 10.2 Å². The van der Waals surface area contributed by atoms with Crippen LogP contribution in [0.1, 0.15) is 17.2 Å². The lowest BCUT2D eigenvalue weighted by molar-refractivity contribution is -0.117. The van der Waals surface area contributed by atoms with Crippen LogP contribution in [-0.4, -0.2) is 43.9 Å². The Balaban J connectivity index is 1.67. The molecule has 2 N–H and O–H groups in total. The van der Waals surface area contributed by atoms with Gasteiger partial charge in [0.15, 0.2) is 0 Å². The second-order valence-corrected chi connectivity index (χ2v) is 6.47. The van der Waals surface area contributed by atoms with Gasteiger partial charge in [-0.2, -0.15) is 0 Å². The van der Waals surface area contributed by atoms with Crippen LogP contribution in [0.4, 0.5) is 14.5 Å². The third-order valence-corrected chi connectivity index (χ3v) is 4.46. The van der Waals surface area contributed by atoms with Gasteiger partial charge in [0.2, 0.25) is 5.91 Å². The monoisotopic (exact) mass is 388 g/mol. The van der Waals surface area contributed by atoms with Gasteiger partial charge in [-0.1, -0.05) is 12.1 Å². The molecule has 3 rings (SSSR count). The van der Waals surface area contributed by atoms with E-state index < -0.39 is 23.6 Å². The molecule has 5 nitrogen and oxygen atoms in total. The molecule has 0 spiro atoms. The molecule has 1 fully saturated rings. The van der Waals surface area contributed by atoms with Crippen LogP contribution in [0.5, 0.6) is 0 Å². The van der Waals surface area contributed by atoms with Gasteiger partial charge in [-0.05, 0) is 41.5 Å². The molecule has 0 unspecified atom stereocenters. The summed E-state index contributed by atoms with van der Waals surface area (Å²) in [7, 11) is 0. The van der Waals surface area contributed by atoms with Crippen LogP contribution >= 0.6 is 0 Å². The molecule has 0 aliphatic carbocycles. The topological polar surface area (TPSA) is 61.8 Å². The summed E-state index contributed by atoms with van der Waals surface area (Å²) in [5.41, 5.74) is 2.01. The Kier molecular flexibility index (Phi) is 6.73. The van der Waals surface area contributed by atoms with E-state index in [9.17, 15) is 18.7 Å². The highest BCUT2D eigenvalue weighted by molar-refractivity contribution is 5.92. The number of amides is 1. The summed E-state index contributed by atoms with van der Waals surface area (Å²) in [6, 6.07) is 10.0. The highest BCUT2D eigenvalue weighted by atomic mass is 19.1. The SMILES string of the molecule is O=C(C=Cc1cc(F)cc(F)c1)N[C@H](CO)c1cccc(N2CCOCC2)c1. The van der Waals surface area contributed by atoms with Gasteiger partial charge in [-0.15, -0.1) is 0 Å². The lowest BCUT2D eigenvalue weighted by atomic mass is 10.1. The molecule has 1 atom stereocenters. The Bertz CT molecular complexity index is 831. The van der Waals surface area contributed by atoms with E-state index >= 15 is 0 Å². The Morgan fingerprint density at radius 1 is 1.18 bits per heavy atom. The highest BCUT2D eigenvalue weighted by Gasteiger charge is 2.16. The van der Waals surface area contributed by atoms with E-state index in [1.54, 1.807) is 0 Å². The summed E-state index contributed by atoms with van der Waals surface area (Å²) in [4.78, 5) is 14.4. The lowest BCUT2D eigenvalue weighted by Crippen LogP contribution is -2.36. The average Bonchev–Trinajstić information content (AvgIpc) is 2.70. The Labute approximate surface area is 162 Å². The predicted molar refractivity (Wildman–Crippen MR) is 103 cm³/mol. The van der Waals surface area contributed by atoms with Gasteiger partial charge in [0.25, 0.3) is 0 Å². The fourth-order valence-corrected chi connectivity index (χ4v) is 3.06. The number of halogens is 2. The number of morpholine rings is 1. The normalized spacial score (nSPS) is 15.6. The summed E-state index contributed by atoms with van der Waals surface area (Å²) in [6.07, 6.45) is 2.50. The number of anilines is 1. The fraction of sp³-hybridized carbons (Fsp3) is 0.286. The van der Waals surface area contributed by atoms with Gasteiger partial charge in [-0.3, -0.25) is 4.79 Å². The largest absolute Gasteiger partial charge is 0.394 e. The molecule has 7 heteroatoms. The second-order valence-electron chi connectivity index (χ2n) is 6.47. The van der Waals surface area contributed by atoms with Crippen molar-refractivity contribution in [2.24, 2.45) is 0 Å². The van der Waals surface area contributed by atoms with Crippen LogP contribution in [0.3, 0.4) is 0 Å². The minimum atomic E-state index is -0.715. The minimum Gasteiger partial charge on any atom is -0.394 e. The molecule has 0 radical (unpaired) electrons. The summed E-state index contributed by atoms with van der Waals surface area (Å²) >= 11 is 0. The third kappa shape index (κ3) is 5.37. The maximum Gasteiger partial charge on any atom is 0.244 e. The second kappa shape index (κ2) is 9.43. The molecule has 148 valence electrons. The van der Waals surface area contributed by atoms with Crippen molar-refractivity contribution in [3.63, 3.8) is 0 Å². The molecule has 1 aliphatic rings. The summed E-state index contributed by atoms with van der Waals surface area (Å²) in [5, 5.41) is 12.4. The number of hydrogen-bond donors (Lipinski definition) is 2. The number of carbonyl (C=O) groups excluding carboxylic acids is 1. The fourth-order valence-electron chi connectivity index (χ4n) is 3.06. The summed E-state index contributed by atoms with van der Waals surface area (Å²) < 4.78 is 31.8. The molecule has 2 aromatic rings. The molecule has 2 aromatic carbocycles. The number of nitrogens with zero attached hydrogens (tertiary/aromatic N) is 1. The number of carbonyl (C=O) groups is 1. The number of aliphatic hydroxyl groups is 1. The van der Waals surface area contributed by atoms with Crippen molar-refractivity contribution in [2.45, 2.75) is 6.04 Å². The van der Waals surface area contributed by atoms with Crippen molar-refractivity contribution in [1.29, 1.82) is 0 Å². The van der Waals surface area contributed by atoms with Crippen molar-refractivity contribution < 1.29 is 23.4 Å². The Morgan fingerprint density at radius 3 is 2.57 bits per heavy atom. The van der Waals surface area contributed by atoms with E-state index in [0.29, 0.717) is 13.2 Å². The minimum absolute atomic E-state index is 0.238. The molecule has 28 heavy (non-hydrogen) atoms. The molecular weight excluding hydrogens is 366 g/mol. The quantitative estimate of drug-likeness (QED) is 0.747. The molecule has 1 saturated heterocycles. The van der Waals surface area contributed by atoms with Crippen LogP contribution < -0.4 is 10.2 Å². The van der Waals surface area contributed by atoms with Crippen LogP contribution in [0.2, 0.25) is 0 Å². The zero-order valence-electron chi connectivity index (χ0n) is 15.3. The third-order valence-electron chi connectivity index (χ3n) is 4.46. The lowest BCUT2D eigenvalue weighted by Gasteiger charge is -2.29. The molecule has 0 saturated carbocycles. The van der Waals surface area contributed by atoms with Gasteiger partial charge in [0.05, 0.1) is 25.9 Å². The first-order chi connectivity index (χ1) is 13.5. The number of benzene rings is 2. The van der Waals surface area contributed by atoms with Crippen molar-refractivity contribution in [3.8, 4) is 0 Å².